The Hall–Kier alpha value is -2.67. The fourth-order valence-corrected chi connectivity index (χ4v) is 2.46. The van der Waals surface area contributed by atoms with Crippen molar-refractivity contribution < 1.29 is 4.74 Å². The van der Waals surface area contributed by atoms with Crippen molar-refractivity contribution in [2.45, 2.75) is 6.42 Å². The molecule has 4 heteroatoms. The monoisotopic (exact) mass is 265 g/mol. The van der Waals surface area contributed by atoms with Crippen molar-refractivity contribution >= 4 is 17.1 Å². The van der Waals surface area contributed by atoms with Crippen molar-refractivity contribution in [3.05, 3.63) is 48.0 Å². The molecule has 2 aromatic rings. The van der Waals surface area contributed by atoms with Crippen LogP contribution in [0.15, 0.2) is 42.5 Å². The van der Waals surface area contributed by atoms with Gasteiger partial charge in [0.15, 0.2) is 0 Å². The van der Waals surface area contributed by atoms with Gasteiger partial charge in [0.05, 0.1) is 23.5 Å². The molecule has 20 heavy (non-hydrogen) atoms. The second kappa shape index (κ2) is 5.14. The van der Waals surface area contributed by atoms with Gasteiger partial charge in [-0.3, -0.25) is 0 Å². The summed E-state index contributed by atoms with van der Waals surface area (Å²) in [6.45, 7) is 1.50. The van der Waals surface area contributed by atoms with Gasteiger partial charge in [0.2, 0.25) is 0 Å². The molecule has 3 rings (SSSR count). The molecule has 0 spiro atoms. The first-order valence-electron chi connectivity index (χ1n) is 6.58. The molecule has 2 aromatic carbocycles. The fraction of sp³-hybridized carbons (Fsp3) is 0.188. The van der Waals surface area contributed by atoms with E-state index in [1.807, 2.05) is 36.4 Å². The molecule has 0 radical (unpaired) electrons. The number of nitrogens with zero attached hydrogens (tertiary/aromatic N) is 2. The van der Waals surface area contributed by atoms with Gasteiger partial charge in [0.1, 0.15) is 11.8 Å². The number of ether oxygens (including phenoxy) is 1. The standard InChI is InChI=1S/C16H15N3O/c17-11-12-10-13(18)6-7-14(12)19-8-3-9-20-16-5-2-1-4-15(16)19/h1-2,4-7,10H,3,8-9,18H2. The highest BCUT2D eigenvalue weighted by Gasteiger charge is 2.19. The summed E-state index contributed by atoms with van der Waals surface area (Å²) < 4.78 is 5.75. The average molecular weight is 265 g/mol. The first kappa shape index (κ1) is 12.4. The predicted molar refractivity (Wildman–Crippen MR) is 79.1 cm³/mol. The van der Waals surface area contributed by atoms with Gasteiger partial charge in [-0.2, -0.15) is 5.26 Å². The van der Waals surface area contributed by atoms with E-state index < -0.39 is 0 Å². The lowest BCUT2D eigenvalue weighted by Gasteiger charge is -2.25. The highest BCUT2D eigenvalue weighted by atomic mass is 16.5. The minimum Gasteiger partial charge on any atom is -0.491 e. The van der Waals surface area contributed by atoms with Crippen molar-refractivity contribution in [3.63, 3.8) is 0 Å². The first-order valence-corrected chi connectivity index (χ1v) is 6.58. The Morgan fingerprint density at radius 3 is 2.85 bits per heavy atom. The van der Waals surface area contributed by atoms with E-state index in [9.17, 15) is 5.26 Å². The van der Waals surface area contributed by atoms with Crippen LogP contribution in [0.1, 0.15) is 12.0 Å². The largest absolute Gasteiger partial charge is 0.491 e. The molecule has 1 heterocycles. The average Bonchev–Trinajstić information content (AvgIpc) is 2.69. The Balaban J connectivity index is 2.13. The Morgan fingerprint density at radius 2 is 2.00 bits per heavy atom. The summed E-state index contributed by atoms with van der Waals surface area (Å²) in [5.74, 6) is 0.853. The van der Waals surface area contributed by atoms with Crippen LogP contribution in [-0.2, 0) is 0 Å². The Bertz CT molecular complexity index is 676. The number of nitrogen functional groups attached to an aromatic ring is 1. The van der Waals surface area contributed by atoms with Crippen LogP contribution in [0.25, 0.3) is 0 Å². The van der Waals surface area contributed by atoms with Crippen molar-refractivity contribution in [2.75, 3.05) is 23.8 Å². The third-order valence-corrected chi connectivity index (χ3v) is 3.37. The van der Waals surface area contributed by atoms with Gasteiger partial charge in [0.25, 0.3) is 0 Å². The molecule has 0 atom stereocenters. The molecule has 0 aliphatic carbocycles. The van der Waals surface area contributed by atoms with Gasteiger partial charge in [-0.1, -0.05) is 12.1 Å². The zero-order valence-electron chi connectivity index (χ0n) is 11.0. The molecule has 100 valence electrons. The zero-order valence-corrected chi connectivity index (χ0v) is 11.0. The number of hydrogen-bond acceptors (Lipinski definition) is 4. The molecule has 0 aromatic heterocycles. The van der Waals surface area contributed by atoms with Gasteiger partial charge in [-0.15, -0.1) is 0 Å². The zero-order chi connectivity index (χ0) is 13.9. The van der Waals surface area contributed by atoms with Gasteiger partial charge in [-0.25, -0.2) is 0 Å². The van der Waals surface area contributed by atoms with Gasteiger partial charge >= 0.3 is 0 Å². The van der Waals surface area contributed by atoms with E-state index in [0.717, 1.165) is 30.1 Å². The highest BCUT2D eigenvalue weighted by Crippen LogP contribution is 2.37. The molecule has 0 bridgehead atoms. The van der Waals surface area contributed by atoms with Crippen LogP contribution in [0.4, 0.5) is 17.1 Å². The minimum absolute atomic E-state index is 0.585. The number of hydrogen-bond donors (Lipinski definition) is 1. The van der Waals surface area contributed by atoms with Gasteiger partial charge in [-0.05, 0) is 36.8 Å². The second-order valence-electron chi connectivity index (χ2n) is 4.71. The molecule has 0 saturated heterocycles. The Morgan fingerprint density at radius 1 is 1.15 bits per heavy atom. The molecule has 1 aliphatic heterocycles. The number of rotatable bonds is 1. The van der Waals surface area contributed by atoms with Crippen LogP contribution < -0.4 is 15.4 Å². The van der Waals surface area contributed by atoms with Crippen LogP contribution in [0.2, 0.25) is 0 Å². The Labute approximate surface area is 118 Å². The van der Waals surface area contributed by atoms with Crippen LogP contribution in [0.5, 0.6) is 5.75 Å². The maximum Gasteiger partial charge on any atom is 0.142 e. The van der Waals surface area contributed by atoms with Crippen molar-refractivity contribution in [2.24, 2.45) is 0 Å². The maximum atomic E-state index is 9.33. The van der Waals surface area contributed by atoms with Crippen molar-refractivity contribution in [1.29, 1.82) is 5.26 Å². The van der Waals surface area contributed by atoms with Crippen LogP contribution in [0, 0.1) is 11.3 Å². The summed E-state index contributed by atoms with van der Waals surface area (Å²) in [5.41, 5.74) is 8.82. The van der Waals surface area contributed by atoms with Gasteiger partial charge in [0, 0.05) is 12.2 Å². The topological polar surface area (TPSA) is 62.3 Å². The first-order chi connectivity index (χ1) is 9.79. The molecule has 0 saturated carbocycles. The van der Waals surface area contributed by atoms with E-state index in [-0.39, 0.29) is 0 Å². The summed E-state index contributed by atoms with van der Waals surface area (Å²) in [4.78, 5) is 2.13. The summed E-state index contributed by atoms with van der Waals surface area (Å²) in [5, 5.41) is 9.33. The van der Waals surface area contributed by atoms with E-state index in [1.165, 1.54) is 0 Å². The number of benzene rings is 2. The summed E-state index contributed by atoms with van der Waals surface area (Å²) >= 11 is 0. The lowest BCUT2D eigenvalue weighted by atomic mass is 10.1. The molecule has 0 amide bonds. The van der Waals surface area contributed by atoms with Crippen molar-refractivity contribution in [1.82, 2.24) is 0 Å². The smallest absolute Gasteiger partial charge is 0.142 e. The van der Waals surface area contributed by atoms with E-state index in [4.69, 9.17) is 10.5 Å². The SMILES string of the molecule is N#Cc1cc(N)ccc1N1CCCOc2ccccc21. The summed E-state index contributed by atoms with van der Waals surface area (Å²) in [7, 11) is 0. The highest BCUT2D eigenvalue weighted by molar-refractivity contribution is 5.75. The molecule has 4 nitrogen and oxygen atoms in total. The van der Waals surface area contributed by atoms with Crippen LogP contribution in [0.3, 0.4) is 0 Å². The summed E-state index contributed by atoms with van der Waals surface area (Å²) in [6, 6.07) is 15.6. The fourth-order valence-electron chi connectivity index (χ4n) is 2.46. The lowest BCUT2D eigenvalue weighted by molar-refractivity contribution is 0.322. The number of fused-ring (bicyclic) bond motifs is 1. The quantitative estimate of drug-likeness (QED) is 0.805. The number of nitriles is 1. The van der Waals surface area contributed by atoms with E-state index >= 15 is 0 Å². The molecular weight excluding hydrogens is 250 g/mol. The van der Waals surface area contributed by atoms with E-state index in [0.29, 0.717) is 17.9 Å². The molecule has 2 N–H and O–H groups in total. The van der Waals surface area contributed by atoms with E-state index in [2.05, 4.69) is 11.0 Å². The number of anilines is 3. The van der Waals surface area contributed by atoms with Crippen LogP contribution >= 0.6 is 0 Å². The lowest BCUT2D eigenvalue weighted by Crippen LogP contribution is -2.18. The molecule has 0 unspecified atom stereocenters. The maximum absolute atomic E-state index is 9.33. The van der Waals surface area contributed by atoms with Crippen LogP contribution in [-0.4, -0.2) is 13.2 Å². The normalized spacial score (nSPS) is 13.8. The van der Waals surface area contributed by atoms with Gasteiger partial charge < -0.3 is 15.4 Å². The Kier molecular flexibility index (Phi) is 3.18. The predicted octanol–water partition coefficient (Wildman–Crippen LogP) is 3.06. The third kappa shape index (κ3) is 2.14. The van der Waals surface area contributed by atoms with Crippen molar-refractivity contribution in [3.8, 4) is 11.8 Å². The number of para-hydroxylation sites is 2. The molecule has 0 fully saturated rings. The molecular formula is C16H15N3O. The molecule has 1 aliphatic rings. The second-order valence-corrected chi connectivity index (χ2v) is 4.71. The minimum atomic E-state index is 0.585. The third-order valence-electron chi connectivity index (χ3n) is 3.37. The number of nitrogens with two attached hydrogens (primary N) is 1. The van der Waals surface area contributed by atoms with E-state index in [1.54, 1.807) is 6.07 Å². The summed E-state index contributed by atoms with van der Waals surface area (Å²) in [6.07, 6.45) is 0.907.